The third kappa shape index (κ3) is 4.00. The summed E-state index contributed by atoms with van der Waals surface area (Å²) in [5, 5.41) is 15.9. The number of aliphatic hydroxyl groups excluding tert-OH is 1. The summed E-state index contributed by atoms with van der Waals surface area (Å²) >= 11 is 0. The van der Waals surface area contributed by atoms with Gasteiger partial charge in [-0.2, -0.15) is 5.10 Å². The molecule has 0 aromatic carbocycles. The maximum absolute atomic E-state index is 11.8. The zero-order valence-electron chi connectivity index (χ0n) is 11.2. The van der Waals surface area contributed by atoms with Gasteiger partial charge in [-0.1, -0.05) is 6.92 Å². The molecule has 0 saturated carbocycles. The zero-order valence-corrected chi connectivity index (χ0v) is 11.2. The molecule has 1 aromatic rings. The number of aromatic nitrogens is 2. The third-order valence-electron chi connectivity index (χ3n) is 3.13. The van der Waals surface area contributed by atoms with Gasteiger partial charge in [0.25, 0.3) is 0 Å². The van der Waals surface area contributed by atoms with Crippen LogP contribution in [-0.2, 0) is 11.8 Å². The maximum atomic E-state index is 11.8. The predicted molar refractivity (Wildman–Crippen MR) is 70.8 cm³/mol. The fourth-order valence-electron chi connectivity index (χ4n) is 1.62. The summed E-state index contributed by atoms with van der Waals surface area (Å²) in [7, 11) is 1.82. The Kier molecular flexibility index (Phi) is 5.09. The van der Waals surface area contributed by atoms with Crippen molar-refractivity contribution < 1.29 is 9.90 Å². The summed E-state index contributed by atoms with van der Waals surface area (Å²) in [5.74, 6) is -0.158. The van der Waals surface area contributed by atoms with E-state index in [-0.39, 0.29) is 18.1 Å². The lowest BCUT2D eigenvalue weighted by atomic mass is 9.95. The number of aliphatic hydroxyl groups is 1. The minimum absolute atomic E-state index is 0.0655. The molecular weight excluding hydrogens is 230 g/mol. The van der Waals surface area contributed by atoms with E-state index < -0.39 is 0 Å². The van der Waals surface area contributed by atoms with Crippen LogP contribution >= 0.6 is 0 Å². The third-order valence-corrected chi connectivity index (χ3v) is 3.13. The van der Waals surface area contributed by atoms with Crippen LogP contribution in [0.5, 0.6) is 0 Å². The number of aryl methyl sites for hydroxylation is 1. The van der Waals surface area contributed by atoms with Gasteiger partial charge in [0, 0.05) is 31.5 Å². The quantitative estimate of drug-likeness (QED) is 0.744. The van der Waals surface area contributed by atoms with E-state index in [1.807, 2.05) is 27.0 Å². The van der Waals surface area contributed by atoms with E-state index >= 15 is 0 Å². The Labute approximate surface area is 108 Å². The first kappa shape index (κ1) is 14.4. The van der Waals surface area contributed by atoms with Gasteiger partial charge < -0.3 is 10.4 Å². The van der Waals surface area contributed by atoms with Gasteiger partial charge in [0.15, 0.2) is 0 Å². The summed E-state index contributed by atoms with van der Waals surface area (Å²) in [6.45, 7) is 3.98. The molecule has 5 nitrogen and oxygen atoms in total. The van der Waals surface area contributed by atoms with Gasteiger partial charge in [0.2, 0.25) is 5.91 Å². The number of carbonyl (C=O) groups excluding carboxylic acids is 1. The monoisotopic (exact) mass is 251 g/mol. The highest BCUT2D eigenvalue weighted by molar-refractivity contribution is 5.91. The number of carbonyl (C=O) groups is 1. The summed E-state index contributed by atoms with van der Waals surface area (Å²) in [6, 6.07) is 1.83. The highest BCUT2D eigenvalue weighted by Gasteiger charge is 2.22. The van der Waals surface area contributed by atoms with Crippen LogP contribution in [0.2, 0.25) is 0 Å². The molecule has 0 bridgehead atoms. The van der Waals surface area contributed by atoms with Gasteiger partial charge in [0.1, 0.15) is 0 Å². The van der Waals surface area contributed by atoms with E-state index in [9.17, 15) is 4.79 Å². The van der Waals surface area contributed by atoms with E-state index in [0.29, 0.717) is 6.42 Å². The maximum Gasteiger partial charge on any atom is 0.244 e. The van der Waals surface area contributed by atoms with Crippen molar-refractivity contribution in [2.75, 3.05) is 6.61 Å². The van der Waals surface area contributed by atoms with E-state index in [2.05, 4.69) is 10.4 Å². The van der Waals surface area contributed by atoms with Crippen molar-refractivity contribution in [2.45, 2.75) is 32.2 Å². The lowest BCUT2D eigenvalue weighted by Gasteiger charge is -2.28. The van der Waals surface area contributed by atoms with Crippen LogP contribution < -0.4 is 5.32 Å². The fourth-order valence-corrected chi connectivity index (χ4v) is 1.62. The van der Waals surface area contributed by atoms with Crippen LogP contribution in [0, 0.1) is 0 Å². The topological polar surface area (TPSA) is 67.2 Å². The molecule has 0 fully saturated rings. The van der Waals surface area contributed by atoms with Gasteiger partial charge in [0.05, 0.1) is 5.69 Å². The second kappa shape index (κ2) is 6.35. The molecule has 0 saturated heterocycles. The molecular formula is C13H21N3O2. The highest BCUT2D eigenvalue weighted by atomic mass is 16.3. The summed E-state index contributed by atoms with van der Waals surface area (Å²) in [4.78, 5) is 11.8. The van der Waals surface area contributed by atoms with Crippen LogP contribution in [0.3, 0.4) is 0 Å². The molecule has 0 aliphatic carbocycles. The number of amides is 1. The number of hydrogen-bond acceptors (Lipinski definition) is 3. The second-order valence-corrected chi connectivity index (χ2v) is 4.59. The molecule has 1 amide bonds. The molecule has 0 spiro atoms. The number of rotatable bonds is 6. The highest BCUT2D eigenvalue weighted by Crippen LogP contribution is 2.13. The van der Waals surface area contributed by atoms with Crippen molar-refractivity contribution in [2.24, 2.45) is 7.05 Å². The van der Waals surface area contributed by atoms with Gasteiger partial charge in [-0.25, -0.2) is 0 Å². The Balaban J connectivity index is 2.61. The minimum atomic E-state index is -0.358. The normalized spacial score (nSPS) is 14.7. The van der Waals surface area contributed by atoms with E-state index in [1.54, 1.807) is 17.0 Å². The predicted octanol–water partition coefficient (Wildman–Crippen LogP) is 1.10. The van der Waals surface area contributed by atoms with Gasteiger partial charge in [-0.05, 0) is 31.9 Å². The molecule has 2 N–H and O–H groups in total. The summed E-state index contributed by atoms with van der Waals surface area (Å²) in [5.41, 5.74) is 0.508. The molecule has 1 rings (SSSR count). The summed E-state index contributed by atoms with van der Waals surface area (Å²) < 4.78 is 1.69. The van der Waals surface area contributed by atoms with Crippen molar-refractivity contribution >= 4 is 12.0 Å². The molecule has 1 unspecified atom stereocenters. The molecule has 0 radical (unpaired) electrons. The van der Waals surface area contributed by atoms with E-state index in [4.69, 9.17) is 5.11 Å². The SMILES string of the molecule is CCC(C)(CCO)NC(=O)/C=C/c1ccnn1C. The first-order chi connectivity index (χ1) is 8.50. The molecule has 0 aliphatic heterocycles. The van der Waals surface area contributed by atoms with Crippen LogP contribution in [0.15, 0.2) is 18.3 Å². The smallest absolute Gasteiger partial charge is 0.244 e. The summed E-state index contributed by atoms with van der Waals surface area (Å²) in [6.07, 6.45) is 6.22. The van der Waals surface area contributed by atoms with Crippen molar-refractivity contribution in [1.29, 1.82) is 0 Å². The van der Waals surface area contributed by atoms with E-state index in [0.717, 1.165) is 12.1 Å². The standard InChI is InChI=1S/C13H21N3O2/c1-4-13(2,8-10-17)15-12(18)6-5-11-7-9-14-16(11)3/h5-7,9,17H,4,8,10H2,1-3H3,(H,15,18)/b6-5+. The molecule has 5 heteroatoms. The van der Waals surface area contributed by atoms with Crippen molar-refractivity contribution in [3.63, 3.8) is 0 Å². The molecule has 1 heterocycles. The second-order valence-electron chi connectivity index (χ2n) is 4.59. The van der Waals surface area contributed by atoms with Gasteiger partial charge >= 0.3 is 0 Å². The fraction of sp³-hybridized carbons (Fsp3) is 0.538. The number of nitrogens with one attached hydrogen (secondary N) is 1. The Hall–Kier alpha value is -1.62. The average Bonchev–Trinajstić information content (AvgIpc) is 2.72. The Bertz CT molecular complexity index is 426. The molecule has 18 heavy (non-hydrogen) atoms. The molecule has 100 valence electrons. The van der Waals surface area contributed by atoms with Crippen LogP contribution in [0.4, 0.5) is 0 Å². The molecule has 1 atom stereocenters. The van der Waals surface area contributed by atoms with Crippen LogP contribution in [0.25, 0.3) is 6.08 Å². The molecule has 1 aromatic heterocycles. The average molecular weight is 251 g/mol. The first-order valence-corrected chi connectivity index (χ1v) is 6.10. The Morgan fingerprint density at radius 1 is 1.67 bits per heavy atom. The van der Waals surface area contributed by atoms with Crippen molar-refractivity contribution in [1.82, 2.24) is 15.1 Å². The number of hydrogen-bond donors (Lipinski definition) is 2. The van der Waals surface area contributed by atoms with Gasteiger partial charge in [-0.3, -0.25) is 9.48 Å². The number of nitrogens with zero attached hydrogens (tertiary/aromatic N) is 2. The van der Waals surface area contributed by atoms with Crippen LogP contribution in [-0.4, -0.2) is 32.9 Å². The Morgan fingerprint density at radius 3 is 2.89 bits per heavy atom. The lowest BCUT2D eigenvalue weighted by molar-refractivity contribution is -0.118. The van der Waals surface area contributed by atoms with Gasteiger partial charge in [-0.15, -0.1) is 0 Å². The minimum Gasteiger partial charge on any atom is -0.396 e. The Morgan fingerprint density at radius 2 is 2.39 bits per heavy atom. The van der Waals surface area contributed by atoms with Crippen molar-refractivity contribution in [3.8, 4) is 0 Å². The zero-order chi connectivity index (χ0) is 13.6. The van der Waals surface area contributed by atoms with E-state index in [1.165, 1.54) is 6.08 Å². The lowest BCUT2D eigenvalue weighted by Crippen LogP contribution is -2.45. The first-order valence-electron chi connectivity index (χ1n) is 6.10. The van der Waals surface area contributed by atoms with Crippen LogP contribution in [0.1, 0.15) is 32.4 Å². The van der Waals surface area contributed by atoms with Crippen molar-refractivity contribution in [3.05, 3.63) is 24.0 Å². The molecule has 0 aliphatic rings. The largest absolute Gasteiger partial charge is 0.396 e.